The SMILES string of the molecule is Cc1[nH]c2ccc(F)cc2c1CC(=O)N1CCC[C@H]1c1ncc2c(n1)CCNC2. The number of halogens is 1. The van der Waals surface area contributed by atoms with Crippen molar-refractivity contribution in [2.75, 3.05) is 13.1 Å². The van der Waals surface area contributed by atoms with Gasteiger partial charge in [-0.05, 0) is 43.5 Å². The maximum absolute atomic E-state index is 13.8. The number of benzene rings is 1. The highest BCUT2D eigenvalue weighted by Crippen LogP contribution is 2.32. The van der Waals surface area contributed by atoms with E-state index in [2.05, 4.69) is 15.3 Å². The van der Waals surface area contributed by atoms with E-state index >= 15 is 0 Å². The molecule has 1 amide bonds. The Labute approximate surface area is 168 Å². The van der Waals surface area contributed by atoms with Crippen molar-refractivity contribution in [2.45, 2.75) is 45.2 Å². The van der Waals surface area contributed by atoms with Gasteiger partial charge in [-0.1, -0.05) is 0 Å². The number of rotatable bonds is 3. The second-order valence-electron chi connectivity index (χ2n) is 7.97. The predicted molar refractivity (Wildman–Crippen MR) is 108 cm³/mol. The molecule has 1 saturated heterocycles. The number of nitrogens with one attached hydrogen (secondary N) is 2. The first kappa shape index (κ1) is 18.2. The number of likely N-dealkylation sites (tertiary alicyclic amines) is 1. The molecule has 1 aromatic carbocycles. The van der Waals surface area contributed by atoms with Crippen LogP contribution >= 0.6 is 0 Å². The Kier molecular flexibility index (Phi) is 4.54. The molecule has 2 aliphatic rings. The molecule has 2 N–H and O–H groups in total. The van der Waals surface area contributed by atoms with Gasteiger partial charge in [0, 0.05) is 60.1 Å². The monoisotopic (exact) mass is 393 g/mol. The number of nitrogens with zero attached hydrogens (tertiary/aromatic N) is 3. The fourth-order valence-electron chi connectivity index (χ4n) is 4.58. The van der Waals surface area contributed by atoms with E-state index in [1.54, 1.807) is 6.07 Å². The Morgan fingerprint density at radius 3 is 3.17 bits per heavy atom. The third-order valence-electron chi connectivity index (χ3n) is 6.11. The molecule has 4 heterocycles. The second kappa shape index (κ2) is 7.22. The van der Waals surface area contributed by atoms with Crippen molar-refractivity contribution in [3.63, 3.8) is 0 Å². The van der Waals surface area contributed by atoms with Crippen LogP contribution < -0.4 is 5.32 Å². The van der Waals surface area contributed by atoms with Crippen LogP contribution in [0, 0.1) is 12.7 Å². The van der Waals surface area contributed by atoms with Crippen molar-refractivity contribution in [3.05, 3.63) is 58.6 Å². The fourth-order valence-corrected chi connectivity index (χ4v) is 4.58. The maximum Gasteiger partial charge on any atom is 0.227 e. The molecule has 0 bridgehead atoms. The quantitative estimate of drug-likeness (QED) is 0.718. The molecule has 1 atom stereocenters. The summed E-state index contributed by atoms with van der Waals surface area (Å²) < 4.78 is 13.8. The van der Waals surface area contributed by atoms with Crippen LogP contribution in [0.4, 0.5) is 4.39 Å². The Morgan fingerprint density at radius 2 is 2.28 bits per heavy atom. The molecule has 1 fully saturated rings. The summed E-state index contributed by atoms with van der Waals surface area (Å²) in [5.41, 5.74) is 4.87. The number of aryl methyl sites for hydroxylation is 1. The summed E-state index contributed by atoms with van der Waals surface area (Å²) in [5.74, 6) is 0.503. The van der Waals surface area contributed by atoms with Gasteiger partial charge in [-0.25, -0.2) is 14.4 Å². The zero-order chi connectivity index (χ0) is 20.0. The zero-order valence-electron chi connectivity index (χ0n) is 16.5. The van der Waals surface area contributed by atoms with Gasteiger partial charge in [-0.2, -0.15) is 0 Å². The van der Waals surface area contributed by atoms with Gasteiger partial charge < -0.3 is 15.2 Å². The number of aromatic amines is 1. The number of H-pyrrole nitrogens is 1. The fraction of sp³-hybridized carbons (Fsp3) is 0.409. The van der Waals surface area contributed by atoms with E-state index in [1.165, 1.54) is 12.1 Å². The number of fused-ring (bicyclic) bond motifs is 2. The number of carbonyl (C=O) groups is 1. The summed E-state index contributed by atoms with van der Waals surface area (Å²) in [6.45, 7) is 4.37. The van der Waals surface area contributed by atoms with Crippen LogP contribution in [0.5, 0.6) is 0 Å². The normalized spacial score (nSPS) is 19.0. The minimum atomic E-state index is -0.291. The highest BCUT2D eigenvalue weighted by atomic mass is 19.1. The third-order valence-corrected chi connectivity index (χ3v) is 6.11. The summed E-state index contributed by atoms with van der Waals surface area (Å²) in [6, 6.07) is 4.58. The molecule has 5 rings (SSSR count). The first-order valence-electron chi connectivity index (χ1n) is 10.2. The largest absolute Gasteiger partial charge is 0.358 e. The van der Waals surface area contributed by atoms with Gasteiger partial charge in [-0.15, -0.1) is 0 Å². The van der Waals surface area contributed by atoms with E-state index in [9.17, 15) is 9.18 Å². The number of amides is 1. The molecule has 0 radical (unpaired) electrons. The van der Waals surface area contributed by atoms with E-state index in [1.807, 2.05) is 18.0 Å². The predicted octanol–water partition coefficient (Wildman–Crippen LogP) is 2.96. The van der Waals surface area contributed by atoms with Gasteiger partial charge in [0.2, 0.25) is 5.91 Å². The van der Waals surface area contributed by atoms with Crippen LogP contribution in [0.3, 0.4) is 0 Å². The summed E-state index contributed by atoms with van der Waals surface area (Å²) in [4.78, 5) is 27.8. The van der Waals surface area contributed by atoms with E-state index in [4.69, 9.17) is 4.98 Å². The standard InChI is InChI=1S/C22H24FN5O/c1-13-16(17-9-15(23)4-5-19(17)26-13)10-21(29)28-8-2-3-20(28)22-25-12-14-11-24-7-6-18(14)27-22/h4-5,9,12,20,24,26H,2-3,6-8,10-11H2,1H3/t20-/m0/s1. The van der Waals surface area contributed by atoms with Crippen LogP contribution in [0.2, 0.25) is 0 Å². The molecule has 0 aliphatic carbocycles. The molecule has 0 spiro atoms. The van der Waals surface area contributed by atoms with Crippen LogP contribution in [0.15, 0.2) is 24.4 Å². The molecule has 7 heteroatoms. The molecular formula is C22H24FN5O. The zero-order valence-corrected chi connectivity index (χ0v) is 16.5. The molecular weight excluding hydrogens is 369 g/mol. The van der Waals surface area contributed by atoms with Crippen LogP contribution in [0.25, 0.3) is 10.9 Å². The first-order chi connectivity index (χ1) is 14.1. The minimum Gasteiger partial charge on any atom is -0.358 e. The van der Waals surface area contributed by atoms with Gasteiger partial charge in [0.25, 0.3) is 0 Å². The van der Waals surface area contributed by atoms with Gasteiger partial charge in [0.1, 0.15) is 5.82 Å². The van der Waals surface area contributed by atoms with E-state index in [0.29, 0.717) is 6.54 Å². The minimum absolute atomic E-state index is 0.0451. The van der Waals surface area contributed by atoms with Gasteiger partial charge in [0.15, 0.2) is 5.82 Å². The molecule has 0 unspecified atom stereocenters. The summed E-state index contributed by atoms with van der Waals surface area (Å²) in [5, 5.41) is 4.11. The summed E-state index contributed by atoms with van der Waals surface area (Å²) in [6.07, 6.45) is 4.87. The topological polar surface area (TPSA) is 73.9 Å². The van der Waals surface area contributed by atoms with Crippen LogP contribution in [-0.2, 0) is 24.2 Å². The van der Waals surface area contributed by atoms with Crippen molar-refractivity contribution < 1.29 is 9.18 Å². The molecule has 0 saturated carbocycles. The van der Waals surface area contributed by atoms with Crippen molar-refractivity contribution in [1.82, 2.24) is 25.2 Å². The lowest BCUT2D eigenvalue weighted by molar-refractivity contribution is -0.131. The Balaban J connectivity index is 1.41. The van der Waals surface area contributed by atoms with Crippen molar-refractivity contribution in [3.8, 4) is 0 Å². The average Bonchev–Trinajstić information content (AvgIpc) is 3.33. The molecule has 2 aliphatic heterocycles. The molecule has 150 valence electrons. The van der Waals surface area contributed by atoms with Crippen LogP contribution in [0.1, 0.15) is 47.2 Å². The van der Waals surface area contributed by atoms with Crippen molar-refractivity contribution in [2.24, 2.45) is 0 Å². The van der Waals surface area contributed by atoms with E-state index in [0.717, 1.165) is 71.6 Å². The number of hydrogen-bond donors (Lipinski definition) is 2. The lowest BCUT2D eigenvalue weighted by Crippen LogP contribution is -2.33. The molecule has 2 aromatic heterocycles. The smallest absolute Gasteiger partial charge is 0.227 e. The summed E-state index contributed by atoms with van der Waals surface area (Å²) in [7, 11) is 0. The Morgan fingerprint density at radius 1 is 1.38 bits per heavy atom. The first-order valence-corrected chi connectivity index (χ1v) is 10.2. The Hall–Kier alpha value is -2.80. The maximum atomic E-state index is 13.8. The van der Waals surface area contributed by atoms with Crippen LogP contribution in [-0.4, -0.2) is 38.8 Å². The average molecular weight is 393 g/mol. The Bertz CT molecular complexity index is 1090. The highest BCUT2D eigenvalue weighted by Gasteiger charge is 2.33. The van der Waals surface area contributed by atoms with E-state index < -0.39 is 0 Å². The lowest BCUT2D eigenvalue weighted by atomic mass is 10.1. The number of carbonyl (C=O) groups excluding carboxylic acids is 1. The number of aromatic nitrogens is 3. The number of hydrogen-bond acceptors (Lipinski definition) is 4. The van der Waals surface area contributed by atoms with Gasteiger partial charge in [-0.3, -0.25) is 4.79 Å². The van der Waals surface area contributed by atoms with Crippen molar-refractivity contribution >= 4 is 16.8 Å². The molecule has 29 heavy (non-hydrogen) atoms. The van der Waals surface area contributed by atoms with Gasteiger partial charge >= 0.3 is 0 Å². The van der Waals surface area contributed by atoms with Crippen molar-refractivity contribution in [1.29, 1.82) is 0 Å². The summed E-state index contributed by atoms with van der Waals surface area (Å²) >= 11 is 0. The lowest BCUT2D eigenvalue weighted by Gasteiger charge is -2.25. The molecule has 6 nitrogen and oxygen atoms in total. The van der Waals surface area contributed by atoms with E-state index in [-0.39, 0.29) is 24.2 Å². The highest BCUT2D eigenvalue weighted by molar-refractivity contribution is 5.90. The second-order valence-corrected chi connectivity index (χ2v) is 7.97. The third kappa shape index (κ3) is 3.29. The van der Waals surface area contributed by atoms with Gasteiger partial charge in [0.05, 0.1) is 12.5 Å². The molecule has 3 aromatic rings.